The molecular formula is C18H22O3. The first kappa shape index (κ1) is 15.7. The lowest BCUT2D eigenvalue weighted by molar-refractivity contribution is -0.224. The van der Waals surface area contributed by atoms with Gasteiger partial charge in [-0.25, -0.2) is 0 Å². The highest BCUT2D eigenvalue weighted by atomic mass is 16.7. The van der Waals surface area contributed by atoms with E-state index in [1.54, 1.807) is 0 Å². The summed E-state index contributed by atoms with van der Waals surface area (Å²) < 4.78 is 11.4. The molecule has 0 bridgehead atoms. The van der Waals surface area contributed by atoms with Crippen LogP contribution in [0, 0.1) is 0 Å². The van der Waals surface area contributed by atoms with Gasteiger partial charge in [0.25, 0.3) is 0 Å². The van der Waals surface area contributed by atoms with Crippen LogP contribution in [0.15, 0.2) is 60.7 Å². The van der Waals surface area contributed by atoms with Gasteiger partial charge in [0.2, 0.25) is 0 Å². The van der Waals surface area contributed by atoms with Crippen LogP contribution in [-0.2, 0) is 15.1 Å². The number of hydrogen-bond donors (Lipinski definition) is 1. The molecule has 0 unspecified atom stereocenters. The summed E-state index contributed by atoms with van der Waals surface area (Å²) in [7, 11) is 0. The van der Waals surface area contributed by atoms with Crippen LogP contribution < -0.4 is 0 Å². The zero-order valence-corrected chi connectivity index (χ0v) is 12.5. The SMILES string of the molecule is CCOC(OCC)C(O)(c1ccccc1)c1ccccc1. The predicted molar refractivity (Wildman–Crippen MR) is 82.9 cm³/mol. The molecule has 0 fully saturated rings. The molecule has 2 aromatic carbocycles. The lowest BCUT2D eigenvalue weighted by atomic mass is 9.85. The molecule has 0 atom stereocenters. The van der Waals surface area contributed by atoms with Gasteiger partial charge in [0, 0.05) is 13.2 Å². The minimum atomic E-state index is -1.34. The average molecular weight is 286 g/mol. The molecule has 2 rings (SSSR count). The van der Waals surface area contributed by atoms with Crippen molar-refractivity contribution in [2.45, 2.75) is 25.7 Å². The van der Waals surface area contributed by atoms with Gasteiger partial charge in [0.1, 0.15) is 0 Å². The number of rotatable bonds is 7. The van der Waals surface area contributed by atoms with Crippen molar-refractivity contribution in [1.29, 1.82) is 0 Å². The number of aliphatic hydroxyl groups is 1. The van der Waals surface area contributed by atoms with E-state index in [0.29, 0.717) is 13.2 Å². The second-order valence-electron chi connectivity index (χ2n) is 4.74. The number of hydrogen-bond acceptors (Lipinski definition) is 3. The summed E-state index contributed by atoms with van der Waals surface area (Å²) in [6.45, 7) is 4.71. The van der Waals surface area contributed by atoms with Crippen molar-refractivity contribution < 1.29 is 14.6 Å². The lowest BCUT2D eigenvalue weighted by Gasteiger charge is -2.36. The van der Waals surface area contributed by atoms with Crippen molar-refractivity contribution >= 4 is 0 Å². The average Bonchev–Trinajstić information content (AvgIpc) is 2.55. The standard InChI is InChI=1S/C18H22O3/c1-3-20-17(21-4-2)18(19,15-11-7-5-8-12-15)16-13-9-6-10-14-16/h5-14,17,19H,3-4H2,1-2H3. The van der Waals surface area contributed by atoms with E-state index >= 15 is 0 Å². The summed E-state index contributed by atoms with van der Waals surface area (Å²) >= 11 is 0. The van der Waals surface area contributed by atoms with E-state index in [1.165, 1.54) is 0 Å². The van der Waals surface area contributed by atoms with E-state index < -0.39 is 11.9 Å². The fourth-order valence-electron chi connectivity index (χ4n) is 2.42. The van der Waals surface area contributed by atoms with Gasteiger partial charge in [-0.3, -0.25) is 0 Å². The Morgan fingerprint density at radius 1 is 0.810 bits per heavy atom. The summed E-state index contributed by atoms with van der Waals surface area (Å²) in [4.78, 5) is 0. The fourth-order valence-corrected chi connectivity index (χ4v) is 2.42. The second kappa shape index (κ2) is 7.36. The van der Waals surface area contributed by atoms with Crippen molar-refractivity contribution in [1.82, 2.24) is 0 Å². The van der Waals surface area contributed by atoms with Crippen LogP contribution in [0.5, 0.6) is 0 Å². The third kappa shape index (κ3) is 3.32. The van der Waals surface area contributed by atoms with E-state index in [0.717, 1.165) is 11.1 Å². The topological polar surface area (TPSA) is 38.7 Å². The highest BCUT2D eigenvalue weighted by Gasteiger charge is 2.41. The molecule has 0 saturated heterocycles. The summed E-state index contributed by atoms with van der Waals surface area (Å²) in [6.07, 6.45) is -0.753. The Labute approximate surface area is 126 Å². The molecule has 0 aromatic heterocycles. The molecule has 1 N–H and O–H groups in total. The van der Waals surface area contributed by atoms with E-state index in [-0.39, 0.29) is 0 Å². The Morgan fingerprint density at radius 2 is 1.19 bits per heavy atom. The molecule has 0 saturated carbocycles. The first-order chi connectivity index (χ1) is 10.2. The number of benzene rings is 2. The van der Waals surface area contributed by atoms with Crippen LogP contribution in [-0.4, -0.2) is 24.6 Å². The molecule has 0 radical (unpaired) electrons. The van der Waals surface area contributed by atoms with Crippen LogP contribution in [0.2, 0.25) is 0 Å². The molecule has 0 heterocycles. The van der Waals surface area contributed by atoms with Crippen molar-refractivity contribution in [2.24, 2.45) is 0 Å². The van der Waals surface area contributed by atoms with Gasteiger partial charge in [-0.1, -0.05) is 60.7 Å². The first-order valence-electron chi connectivity index (χ1n) is 7.30. The molecule has 2 aromatic rings. The monoisotopic (exact) mass is 286 g/mol. The van der Waals surface area contributed by atoms with Gasteiger partial charge in [-0.05, 0) is 25.0 Å². The van der Waals surface area contributed by atoms with Gasteiger partial charge in [-0.2, -0.15) is 0 Å². The van der Waals surface area contributed by atoms with E-state index in [2.05, 4.69) is 0 Å². The molecule has 3 heteroatoms. The molecule has 0 aliphatic carbocycles. The Kier molecular flexibility index (Phi) is 5.51. The highest BCUT2D eigenvalue weighted by molar-refractivity contribution is 5.36. The third-order valence-corrected chi connectivity index (χ3v) is 3.40. The Bertz CT molecular complexity index is 479. The van der Waals surface area contributed by atoms with Crippen molar-refractivity contribution in [2.75, 3.05) is 13.2 Å². The Balaban J connectivity index is 2.53. The van der Waals surface area contributed by atoms with Crippen LogP contribution in [0.4, 0.5) is 0 Å². The fraction of sp³-hybridized carbons (Fsp3) is 0.333. The van der Waals surface area contributed by atoms with E-state index in [9.17, 15) is 5.11 Å². The van der Waals surface area contributed by atoms with Gasteiger partial charge < -0.3 is 14.6 Å². The first-order valence-corrected chi connectivity index (χ1v) is 7.30. The van der Waals surface area contributed by atoms with Gasteiger partial charge in [0.05, 0.1) is 0 Å². The summed E-state index contributed by atoms with van der Waals surface area (Å²) in [6, 6.07) is 19.0. The molecule has 0 aliphatic heterocycles. The Morgan fingerprint density at radius 3 is 1.52 bits per heavy atom. The molecular weight excluding hydrogens is 264 g/mol. The summed E-state index contributed by atoms with van der Waals surface area (Å²) in [5, 5.41) is 11.4. The normalized spacial score (nSPS) is 11.8. The minimum Gasteiger partial charge on any atom is -0.375 e. The smallest absolute Gasteiger partial charge is 0.194 e. The second-order valence-corrected chi connectivity index (χ2v) is 4.74. The van der Waals surface area contributed by atoms with E-state index in [1.807, 2.05) is 74.5 Å². The number of ether oxygens (including phenoxy) is 2. The molecule has 21 heavy (non-hydrogen) atoms. The van der Waals surface area contributed by atoms with Crippen LogP contribution in [0.25, 0.3) is 0 Å². The van der Waals surface area contributed by atoms with Gasteiger partial charge in [-0.15, -0.1) is 0 Å². The molecule has 0 aliphatic rings. The zero-order valence-electron chi connectivity index (χ0n) is 12.5. The van der Waals surface area contributed by atoms with Gasteiger partial charge in [0.15, 0.2) is 11.9 Å². The van der Waals surface area contributed by atoms with Crippen LogP contribution in [0.3, 0.4) is 0 Å². The summed E-state index contributed by atoms with van der Waals surface area (Å²) in [5.41, 5.74) is 0.167. The molecule has 0 amide bonds. The Hall–Kier alpha value is -1.68. The maximum absolute atomic E-state index is 11.4. The largest absolute Gasteiger partial charge is 0.375 e. The molecule has 112 valence electrons. The maximum atomic E-state index is 11.4. The predicted octanol–water partition coefficient (Wildman–Crippen LogP) is 3.32. The van der Waals surface area contributed by atoms with E-state index in [4.69, 9.17) is 9.47 Å². The third-order valence-electron chi connectivity index (χ3n) is 3.40. The van der Waals surface area contributed by atoms with Gasteiger partial charge >= 0.3 is 0 Å². The minimum absolute atomic E-state index is 0.465. The van der Waals surface area contributed by atoms with Crippen LogP contribution >= 0.6 is 0 Å². The molecule has 3 nitrogen and oxygen atoms in total. The lowest BCUT2D eigenvalue weighted by Crippen LogP contribution is -2.44. The van der Waals surface area contributed by atoms with Crippen LogP contribution in [0.1, 0.15) is 25.0 Å². The van der Waals surface area contributed by atoms with Crippen molar-refractivity contribution in [3.63, 3.8) is 0 Å². The highest BCUT2D eigenvalue weighted by Crippen LogP contribution is 2.35. The molecule has 0 spiro atoms. The maximum Gasteiger partial charge on any atom is 0.194 e. The summed E-state index contributed by atoms with van der Waals surface area (Å²) in [5.74, 6) is 0. The van der Waals surface area contributed by atoms with Crippen molar-refractivity contribution in [3.05, 3.63) is 71.8 Å². The van der Waals surface area contributed by atoms with Crippen molar-refractivity contribution in [3.8, 4) is 0 Å². The quantitative estimate of drug-likeness (QED) is 0.794. The zero-order chi connectivity index (χ0) is 15.1.